The number of benzene rings is 1. The summed E-state index contributed by atoms with van der Waals surface area (Å²) in [5.41, 5.74) is 2.04. The normalized spacial score (nSPS) is 16.7. The highest BCUT2D eigenvalue weighted by Crippen LogP contribution is 2.23. The minimum absolute atomic E-state index is 0.0185. The van der Waals surface area contributed by atoms with Gasteiger partial charge in [0.25, 0.3) is 0 Å². The zero-order chi connectivity index (χ0) is 13.1. The number of carbonyl (C=O) groups is 1. The molecule has 0 atom stereocenters. The van der Waals surface area contributed by atoms with Crippen molar-refractivity contribution in [2.45, 2.75) is 25.9 Å². The number of rotatable bonds is 4. The lowest BCUT2D eigenvalue weighted by molar-refractivity contribution is -0.119. The molecule has 0 aliphatic carbocycles. The fraction of sp³-hybridized carbons (Fsp3) is 0.500. The first kappa shape index (κ1) is 13.1. The molecular formula is C14H20N2O2. The van der Waals surface area contributed by atoms with Crippen molar-refractivity contribution < 1.29 is 9.90 Å². The Morgan fingerprint density at radius 3 is 2.72 bits per heavy atom. The monoisotopic (exact) mass is 248 g/mol. The van der Waals surface area contributed by atoms with Crippen molar-refractivity contribution in [1.82, 2.24) is 4.90 Å². The molecule has 1 saturated heterocycles. The van der Waals surface area contributed by atoms with Crippen LogP contribution in [0, 0.1) is 0 Å². The summed E-state index contributed by atoms with van der Waals surface area (Å²) in [7, 11) is 0. The van der Waals surface area contributed by atoms with Crippen LogP contribution in [0.2, 0.25) is 0 Å². The topological polar surface area (TPSA) is 52.6 Å². The van der Waals surface area contributed by atoms with Gasteiger partial charge in [0.05, 0.1) is 12.6 Å². The maximum Gasteiger partial charge on any atom is 0.238 e. The van der Waals surface area contributed by atoms with Crippen molar-refractivity contribution in [1.29, 1.82) is 0 Å². The number of β-amino-alcohol motifs (C(OH)–C–C–N with tert-alkyl or cyclic N) is 1. The van der Waals surface area contributed by atoms with Crippen LogP contribution in [0.5, 0.6) is 0 Å². The Labute approximate surface area is 108 Å². The summed E-state index contributed by atoms with van der Waals surface area (Å²) in [5.74, 6) is 0.363. The highest BCUT2D eigenvalue weighted by molar-refractivity contribution is 5.93. The molecule has 0 bridgehead atoms. The largest absolute Gasteiger partial charge is 0.390 e. The number of aliphatic hydroxyl groups is 1. The highest BCUT2D eigenvalue weighted by Gasteiger charge is 2.26. The zero-order valence-electron chi connectivity index (χ0n) is 10.9. The molecular weight excluding hydrogens is 228 g/mol. The number of hydrogen-bond donors (Lipinski definition) is 2. The van der Waals surface area contributed by atoms with Gasteiger partial charge in [-0.25, -0.2) is 0 Å². The van der Waals surface area contributed by atoms with Crippen LogP contribution in [0.15, 0.2) is 24.3 Å². The molecule has 1 aliphatic heterocycles. The molecule has 0 unspecified atom stereocenters. The smallest absolute Gasteiger partial charge is 0.238 e. The molecule has 4 heteroatoms. The third kappa shape index (κ3) is 3.09. The number of nitrogens with zero attached hydrogens (tertiary/aromatic N) is 1. The van der Waals surface area contributed by atoms with Crippen molar-refractivity contribution in [3.05, 3.63) is 29.8 Å². The quantitative estimate of drug-likeness (QED) is 0.847. The van der Waals surface area contributed by atoms with Gasteiger partial charge in [0.15, 0.2) is 0 Å². The molecule has 2 rings (SSSR count). The summed E-state index contributed by atoms with van der Waals surface area (Å²) >= 11 is 0. The standard InChI is InChI=1S/C14H20N2O2/c1-10(2)12-5-3-4-6-13(12)15-14(18)9-16-7-11(17)8-16/h3-6,10-11,17H,7-9H2,1-2H3,(H,15,18). The number of aliphatic hydroxyl groups excluding tert-OH is 1. The molecule has 1 fully saturated rings. The fourth-order valence-electron chi connectivity index (χ4n) is 2.18. The van der Waals surface area contributed by atoms with Crippen molar-refractivity contribution in [3.63, 3.8) is 0 Å². The first-order valence-electron chi connectivity index (χ1n) is 6.35. The SMILES string of the molecule is CC(C)c1ccccc1NC(=O)CN1CC(O)C1. The van der Waals surface area contributed by atoms with Crippen molar-refractivity contribution >= 4 is 11.6 Å². The van der Waals surface area contributed by atoms with E-state index >= 15 is 0 Å². The van der Waals surface area contributed by atoms with Gasteiger partial charge in [-0.1, -0.05) is 32.0 Å². The van der Waals surface area contributed by atoms with E-state index in [4.69, 9.17) is 5.11 Å². The molecule has 1 amide bonds. The second-order valence-corrected chi connectivity index (χ2v) is 5.14. The lowest BCUT2D eigenvalue weighted by atomic mass is 10.0. The Kier molecular flexibility index (Phi) is 3.99. The van der Waals surface area contributed by atoms with E-state index in [1.807, 2.05) is 29.2 Å². The summed E-state index contributed by atoms with van der Waals surface area (Å²) in [6, 6.07) is 7.87. The molecule has 4 nitrogen and oxygen atoms in total. The summed E-state index contributed by atoms with van der Waals surface area (Å²) in [5, 5.41) is 12.1. The molecule has 0 radical (unpaired) electrons. The second kappa shape index (κ2) is 5.50. The second-order valence-electron chi connectivity index (χ2n) is 5.14. The van der Waals surface area contributed by atoms with Gasteiger partial charge in [0.1, 0.15) is 0 Å². The average molecular weight is 248 g/mol. The van der Waals surface area contributed by atoms with E-state index in [1.54, 1.807) is 0 Å². The molecule has 0 aromatic heterocycles. The summed E-state index contributed by atoms with van der Waals surface area (Å²) in [6.07, 6.45) is -0.263. The van der Waals surface area contributed by atoms with Gasteiger partial charge >= 0.3 is 0 Å². The van der Waals surface area contributed by atoms with Gasteiger partial charge in [-0.05, 0) is 17.5 Å². The van der Waals surface area contributed by atoms with Gasteiger partial charge < -0.3 is 10.4 Å². The fourth-order valence-corrected chi connectivity index (χ4v) is 2.18. The van der Waals surface area contributed by atoms with E-state index < -0.39 is 0 Å². The molecule has 18 heavy (non-hydrogen) atoms. The molecule has 1 aromatic rings. The van der Waals surface area contributed by atoms with E-state index in [1.165, 1.54) is 0 Å². The molecule has 0 spiro atoms. The number of nitrogens with one attached hydrogen (secondary N) is 1. The lowest BCUT2D eigenvalue weighted by Gasteiger charge is -2.35. The molecule has 2 N–H and O–H groups in total. The third-order valence-corrected chi connectivity index (χ3v) is 3.16. The Morgan fingerprint density at radius 1 is 1.44 bits per heavy atom. The van der Waals surface area contributed by atoms with E-state index in [9.17, 15) is 4.79 Å². The first-order chi connectivity index (χ1) is 8.56. The van der Waals surface area contributed by atoms with E-state index in [0.29, 0.717) is 25.6 Å². The zero-order valence-corrected chi connectivity index (χ0v) is 10.9. The van der Waals surface area contributed by atoms with Gasteiger partial charge in [-0.2, -0.15) is 0 Å². The van der Waals surface area contributed by atoms with E-state index in [2.05, 4.69) is 19.2 Å². The predicted octanol–water partition coefficient (Wildman–Crippen LogP) is 1.42. The van der Waals surface area contributed by atoms with Gasteiger partial charge in [-0.15, -0.1) is 0 Å². The lowest BCUT2D eigenvalue weighted by Crippen LogP contribution is -2.53. The maximum atomic E-state index is 11.9. The third-order valence-electron chi connectivity index (χ3n) is 3.16. The van der Waals surface area contributed by atoms with Gasteiger partial charge in [0, 0.05) is 18.8 Å². The number of likely N-dealkylation sites (tertiary alicyclic amines) is 1. The van der Waals surface area contributed by atoms with Crippen LogP contribution in [0.4, 0.5) is 5.69 Å². The Hall–Kier alpha value is -1.39. The van der Waals surface area contributed by atoms with Crippen LogP contribution < -0.4 is 5.32 Å². The first-order valence-corrected chi connectivity index (χ1v) is 6.35. The summed E-state index contributed by atoms with van der Waals surface area (Å²) in [4.78, 5) is 13.8. The number of carbonyl (C=O) groups excluding carboxylic acids is 1. The number of para-hydroxylation sites is 1. The van der Waals surface area contributed by atoms with Crippen LogP contribution in [-0.4, -0.2) is 41.7 Å². The minimum atomic E-state index is -0.263. The number of amides is 1. The molecule has 1 heterocycles. The van der Waals surface area contributed by atoms with Gasteiger partial charge in [-0.3, -0.25) is 9.69 Å². The molecule has 0 saturated carbocycles. The van der Waals surface area contributed by atoms with Crippen molar-refractivity contribution in [2.75, 3.05) is 25.0 Å². The van der Waals surface area contributed by atoms with Crippen LogP contribution in [0.25, 0.3) is 0 Å². The molecule has 1 aromatic carbocycles. The van der Waals surface area contributed by atoms with Crippen LogP contribution in [-0.2, 0) is 4.79 Å². The molecule has 1 aliphatic rings. The predicted molar refractivity (Wildman–Crippen MR) is 71.6 cm³/mol. The van der Waals surface area contributed by atoms with Crippen molar-refractivity contribution in [3.8, 4) is 0 Å². The number of hydrogen-bond acceptors (Lipinski definition) is 3. The Balaban J connectivity index is 1.94. The molecule has 98 valence electrons. The van der Waals surface area contributed by atoms with E-state index in [0.717, 1.165) is 11.3 Å². The highest BCUT2D eigenvalue weighted by atomic mass is 16.3. The van der Waals surface area contributed by atoms with Crippen LogP contribution in [0.3, 0.4) is 0 Å². The van der Waals surface area contributed by atoms with Crippen LogP contribution >= 0.6 is 0 Å². The van der Waals surface area contributed by atoms with Crippen molar-refractivity contribution in [2.24, 2.45) is 0 Å². The van der Waals surface area contributed by atoms with Crippen LogP contribution in [0.1, 0.15) is 25.3 Å². The van der Waals surface area contributed by atoms with Gasteiger partial charge in [0.2, 0.25) is 5.91 Å². The Morgan fingerprint density at radius 2 is 2.11 bits per heavy atom. The summed E-state index contributed by atoms with van der Waals surface area (Å²) < 4.78 is 0. The summed E-state index contributed by atoms with van der Waals surface area (Å²) in [6.45, 7) is 5.76. The maximum absolute atomic E-state index is 11.9. The number of anilines is 1. The average Bonchev–Trinajstić information content (AvgIpc) is 2.27. The Bertz CT molecular complexity index is 426. The van der Waals surface area contributed by atoms with E-state index in [-0.39, 0.29) is 12.0 Å². The minimum Gasteiger partial charge on any atom is -0.390 e.